The second-order valence-corrected chi connectivity index (χ2v) is 8.14. The number of anilines is 1. The third kappa shape index (κ3) is 3.55. The van der Waals surface area contributed by atoms with Crippen molar-refractivity contribution in [1.29, 1.82) is 0 Å². The summed E-state index contributed by atoms with van der Waals surface area (Å²) in [6.07, 6.45) is 0. The molecule has 0 spiro atoms. The number of ether oxygens (including phenoxy) is 1. The molecule has 1 atom stereocenters. The Kier molecular flexibility index (Phi) is 4.86. The van der Waals surface area contributed by atoms with Crippen LogP contribution in [-0.4, -0.2) is 52.4 Å². The molecule has 0 aliphatic carbocycles. The number of hydrogen-bond donors (Lipinski definition) is 2. The standard InChI is InChI=1S/C19H22N4O3S/c1-26-17-8-4-2-6-14(17)16-12-20-10-11-23(16)13-19-21-15-7-3-5-9-18(15)27(24,25)22-19/h2-9,16,20H,10-13H2,1H3,(H,21,22). The molecular weight excluding hydrogens is 364 g/mol. The lowest BCUT2D eigenvalue weighted by atomic mass is 10.0. The van der Waals surface area contributed by atoms with Gasteiger partial charge in [-0.1, -0.05) is 30.3 Å². The fraction of sp³-hybridized carbons (Fsp3) is 0.316. The number of para-hydroxylation sites is 2. The van der Waals surface area contributed by atoms with Crippen molar-refractivity contribution in [2.45, 2.75) is 10.9 Å². The second kappa shape index (κ2) is 7.30. The molecule has 0 radical (unpaired) electrons. The molecule has 2 aliphatic rings. The maximum Gasteiger partial charge on any atom is 0.286 e. The van der Waals surface area contributed by atoms with Gasteiger partial charge < -0.3 is 15.4 Å². The summed E-state index contributed by atoms with van der Waals surface area (Å²) < 4.78 is 34.5. The number of methoxy groups -OCH3 is 1. The van der Waals surface area contributed by atoms with Gasteiger partial charge in [-0.3, -0.25) is 4.90 Å². The van der Waals surface area contributed by atoms with Gasteiger partial charge in [-0.05, 0) is 18.2 Å². The number of sulfonamides is 1. The molecule has 2 aliphatic heterocycles. The average Bonchev–Trinajstić information content (AvgIpc) is 2.68. The Labute approximate surface area is 159 Å². The molecule has 142 valence electrons. The van der Waals surface area contributed by atoms with Crippen LogP contribution in [0.15, 0.2) is 57.8 Å². The Morgan fingerprint density at radius 2 is 1.96 bits per heavy atom. The second-order valence-electron chi connectivity index (χ2n) is 6.57. The van der Waals surface area contributed by atoms with Crippen molar-refractivity contribution < 1.29 is 13.2 Å². The minimum atomic E-state index is -3.68. The summed E-state index contributed by atoms with van der Waals surface area (Å²) in [5.41, 5.74) is 1.65. The third-order valence-electron chi connectivity index (χ3n) is 4.88. The normalized spacial score (nSPS) is 21.7. The van der Waals surface area contributed by atoms with Gasteiger partial charge in [0.2, 0.25) is 0 Å². The summed E-state index contributed by atoms with van der Waals surface area (Å²) in [6, 6.07) is 14.8. The van der Waals surface area contributed by atoms with E-state index in [1.54, 1.807) is 25.3 Å². The Balaban J connectivity index is 1.62. The SMILES string of the molecule is COc1ccccc1C1CNCCN1CC1=NS(=O)(=O)c2ccccc2N1. The van der Waals surface area contributed by atoms with Crippen LogP contribution in [0, 0.1) is 0 Å². The van der Waals surface area contributed by atoms with Gasteiger partial charge >= 0.3 is 0 Å². The van der Waals surface area contributed by atoms with Crippen LogP contribution in [0.4, 0.5) is 5.69 Å². The van der Waals surface area contributed by atoms with Crippen LogP contribution < -0.4 is 15.4 Å². The zero-order valence-electron chi connectivity index (χ0n) is 15.1. The first-order valence-electron chi connectivity index (χ1n) is 8.86. The number of nitrogens with zero attached hydrogens (tertiary/aromatic N) is 2. The highest BCUT2D eigenvalue weighted by Gasteiger charge is 2.30. The summed E-state index contributed by atoms with van der Waals surface area (Å²) in [5.74, 6) is 1.27. The van der Waals surface area contributed by atoms with E-state index in [9.17, 15) is 8.42 Å². The largest absolute Gasteiger partial charge is 0.496 e. The molecule has 1 fully saturated rings. The van der Waals surface area contributed by atoms with Crippen molar-refractivity contribution in [3.63, 3.8) is 0 Å². The summed E-state index contributed by atoms with van der Waals surface area (Å²) in [7, 11) is -2.02. The number of fused-ring (bicyclic) bond motifs is 1. The predicted molar refractivity (Wildman–Crippen MR) is 105 cm³/mol. The van der Waals surface area contributed by atoms with E-state index in [4.69, 9.17) is 4.74 Å². The van der Waals surface area contributed by atoms with E-state index in [2.05, 4.69) is 19.9 Å². The van der Waals surface area contributed by atoms with Crippen LogP contribution in [0.2, 0.25) is 0 Å². The molecular formula is C19H22N4O3S. The van der Waals surface area contributed by atoms with Crippen LogP contribution in [0.25, 0.3) is 0 Å². The van der Waals surface area contributed by atoms with E-state index in [-0.39, 0.29) is 10.9 Å². The topological polar surface area (TPSA) is 83.0 Å². The highest BCUT2D eigenvalue weighted by atomic mass is 32.2. The molecule has 4 rings (SSSR count). The van der Waals surface area contributed by atoms with Crippen LogP contribution in [-0.2, 0) is 10.0 Å². The maximum atomic E-state index is 12.5. The highest BCUT2D eigenvalue weighted by molar-refractivity contribution is 7.90. The van der Waals surface area contributed by atoms with Crippen molar-refractivity contribution in [1.82, 2.24) is 10.2 Å². The third-order valence-corrected chi connectivity index (χ3v) is 6.25. The fourth-order valence-electron chi connectivity index (χ4n) is 3.61. The van der Waals surface area contributed by atoms with Crippen LogP contribution in [0.3, 0.4) is 0 Å². The van der Waals surface area contributed by atoms with Gasteiger partial charge in [-0.2, -0.15) is 8.42 Å². The minimum absolute atomic E-state index is 0.0688. The number of hydrogen-bond acceptors (Lipinski definition) is 6. The molecule has 0 amide bonds. The molecule has 8 heteroatoms. The molecule has 2 N–H and O–H groups in total. The summed E-state index contributed by atoms with van der Waals surface area (Å²) in [5, 5.41) is 6.59. The Morgan fingerprint density at radius 1 is 1.19 bits per heavy atom. The highest BCUT2D eigenvalue weighted by Crippen LogP contribution is 2.31. The van der Waals surface area contributed by atoms with Crippen molar-refractivity contribution in [3.05, 3.63) is 54.1 Å². The van der Waals surface area contributed by atoms with Gasteiger partial charge in [0.05, 0.1) is 25.4 Å². The zero-order valence-corrected chi connectivity index (χ0v) is 15.9. The maximum absolute atomic E-state index is 12.5. The van der Waals surface area contributed by atoms with Crippen molar-refractivity contribution in [2.24, 2.45) is 4.40 Å². The number of nitrogens with one attached hydrogen (secondary N) is 2. The molecule has 27 heavy (non-hydrogen) atoms. The van der Waals surface area contributed by atoms with Crippen molar-refractivity contribution in [3.8, 4) is 5.75 Å². The predicted octanol–water partition coefficient (Wildman–Crippen LogP) is 1.85. The molecule has 0 saturated carbocycles. The number of piperazine rings is 1. The Bertz CT molecular complexity index is 974. The van der Waals surface area contributed by atoms with Crippen LogP contribution in [0.1, 0.15) is 11.6 Å². The quantitative estimate of drug-likeness (QED) is 0.835. The van der Waals surface area contributed by atoms with E-state index in [0.29, 0.717) is 18.1 Å². The van der Waals surface area contributed by atoms with E-state index in [1.165, 1.54) is 0 Å². The van der Waals surface area contributed by atoms with Gasteiger partial charge in [-0.25, -0.2) is 0 Å². The first-order valence-corrected chi connectivity index (χ1v) is 10.3. The minimum Gasteiger partial charge on any atom is -0.496 e. The lowest BCUT2D eigenvalue weighted by Gasteiger charge is -2.37. The molecule has 2 heterocycles. The lowest BCUT2D eigenvalue weighted by Crippen LogP contribution is -2.49. The van der Waals surface area contributed by atoms with Crippen molar-refractivity contribution >= 4 is 21.5 Å². The molecule has 1 saturated heterocycles. The van der Waals surface area contributed by atoms with Crippen LogP contribution in [0.5, 0.6) is 5.75 Å². The van der Waals surface area contributed by atoms with Gasteiger partial charge in [-0.15, -0.1) is 4.40 Å². The van der Waals surface area contributed by atoms with E-state index < -0.39 is 10.0 Å². The van der Waals surface area contributed by atoms with Gasteiger partial charge in [0.1, 0.15) is 16.5 Å². The van der Waals surface area contributed by atoms with Gasteiger partial charge in [0.15, 0.2) is 0 Å². The molecule has 0 bridgehead atoms. The number of amidine groups is 1. The van der Waals surface area contributed by atoms with Gasteiger partial charge in [0.25, 0.3) is 10.0 Å². The summed E-state index contributed by atoms with van der Waals surface area (Å²) in [4.78, 5) is 2.44. The summed E-state index contributed by atoms with van der Waals surface area (Å²) >= 11 is 0. The molecule has 2 aromatic rings. The van der Waals surface area contributed by atoms with E-state index in [1.807, 2.05) is 30.3 Å². The number of benzene rings is 2. The Morgan fingerprint density at radius 3 is 2.81 bits per heavy atom. The average molecular weight is 386 g/mol. The van der Waals surface area contributed by atoms with E-state index >= 15 is 0 Å². The molecule has 2 aromatic carbocycles. The lowest BCUT2D eigenvalue weighted by molar-refractivity contribution is 0.182. The van der Waals surface area contributed by atoms with Crippen molar-refractivity contribution in [2.75, 3.05) is 38.6 Å². The monoisotopic (exact) mass is 386 g/mol. The first kappa shape index (κ1) is 18.0. The molecule has 0 aromatic heterocycles. The molecule has 7 nitrogen and oxygen atoms in total. The van der Waals surface area contributed by atoms with Crippen LogP contribution >= 0.6 is 0 Å². The van der Waals surface area contributed by atoms with Gasteiger partial charge in [0, 0.05) is 25.2 Å². The number of rotatable bonds is 4. The van der Waals surface area contributed by atoms with E-state index in [0.717, 1.165) is 30.9 Å². The Hall–Kier alpha value is -2.42. The first-order chi connectivity index (χ1) is 13.1. The zero-order chi connectivity index (χ0) is 18.9. The molecule has 1 unspecified atom stereocenters. The summed E-state index contributed by atoms with van der Waals surface area (Å²) in [6.45, 7) is 2.79. The smallest absolute Gasteiger partial charge is 0.286 e. The fourth-order valence-corrected chi connectivity index (χ4v) is 4.75.